The van der Waals surface area contributed by atoms with E-state index in [1.54, 1.807) is 0 Å². The Kier molecular flexibility index (Phi) is 12.3. The Hall–Kier alpha value is -0.570. The maximum atomic E-state index is 6.07. The Morgan fingerprint density at radius 2 is 2.15 bits per heavy atom. The van der Waals surface area contributed by atoms with Crippen LogP contribution in [0.2, 0.25) is 5.02 Å². The molecule has 148 valence electrons. The summed E-state index contributed by atoms with van der Waals surface area (Å²) in [7, 11) is 0. The molecule has 26 heavy (non-hydrogen) atoms. The van der Waals surface area contributed by atoms with Crippen LogP contribution in [-0.2, 0) is 9.47 Å². The highest BCUT2D eigenvalue weighted by Gasteiger charge is 2.13. The predicted octanol–water partition coefficient (Wildman–Crippen LogP) is 4.16. The van der Waals surface area contributed by atoms with E-state index in [-0.39, 0.29) is 30.0 Å². The summed E-state index contributed by atoms with van der Waals surface area (Å²) in [6.45, 7) is 8.12. The quantitative estimate of drug-likeness (QED) is 0.246. The van der Waals surface area contributed by atoms with Crippen LogP contribution in [0, 0.1) is 0 Å². The predicted molar refractivity (Wildman–Crippen MR) is 119 cm³/mol. The molecule has 0 radical (unpaired) electrons. The summed E-state index contributed by atoms with van der Waals surface area (Å²) < 4.78 is 11.2. The number of ether oxygens (including phenoxy) is 2. The van der Waals surface area contributed by atoms with Crippen molar-refractivity contribution in [1.82, 2.24) is 10.6 Å². The average molecular weight is 496 g/mol. The number of aliphatic imine (C=N–C) groups is 1. The van der Waals surface area contributed by atoms with Crippen LogP contribution in [0.25, 0.3) is 0 Å². The van der Waals surface area contributed by atoms with Crippen molar-refractivity contribution in [3.63, 3.8) is 0 Å². The summed E-state index contributed by atoms with van der Waals surface area (Å²) in [5.74, 6) is 0.820. The zero-order chi connectivity index (χ0) is 17.9. The maximum Gasteiger partial charge on any atom is 0.191 e. The van der Waals surface area contributed by atoms with Gasteiger partial charge in [-0.05, 0) is 50.8 Å². The smallest absolute Gasteiger partial charge is 0.191 e. The van der Waals surface area contributed by atoms with Gasteiger partial charge in [0.15, 0.2) is 5.96 Å². The molecule has 2 N–H and O–H groups in total. The van der Waals surface area contributed by atoms with Gasteiger partial charge < -0.3 is 20.1 Å². The van der Waals surface area contributed by atoms with Gasteiger partial charge in [0.1, 0.15) is 0 Å². The first-order valence-electron chi connectivity index (χ1n) is 9.18. The fourth-order valence-electron chi connectivity index (χ4n) is 2.73. The lowest BCUT2D eigenvalue weighted by Crippen LogP contribution is -2.38. The molecule has 0 aliphatic carbocycles. The first-order chi connectivity index (χ1) is 12.2. The molecule has 0 saturated carbocycles. The Labute approximate surface area is 179 Å². The molecule has 1 heterocycles. The second-order valence-corrected chi connectivity index (χ2v) is 6.65. The molecule has 0 bridgehead atoms. The molecule has 1 fully saturated rings. The van der Waals surface area contributed by atoms with Crippen LogP contribution in [-0.4, -0.2) is 45.0 Å². The minimum absolute atomic E-state index is 0. The fraction of sp³-hybridized carbons (Fsp3) is 0.632. The topological polar surface area (TPSA) is 54.9 Å². The summed E-state index contributed by atoms with van der Waals surface area (Å²) in [6, 6.07) is 8.03. The summed E-state index contributed by atoms with van der Waals surface area (Å²) in [6.07, 6.45) is 3.28. The van der Waals surface area contributed by atoms with Crippen LogP contribution in [0.15, 0.2) is 29.3 Å². The summed E-state index contributed by atoms with van der Waals surface area (Å²) >= 11 is 6.07. The van der Waals surface area contributed by atoms with Crippen LogP contribution >= 0.6 is 35.6 Å². The Bertz CT molecular complexity index is 539. The van der Waals surface area contributed by atoms with E-state index in [0.29, 0.717) is 6.10 Å². The molecule has 2 rings (SSSR count). The number of benzene rings is 1. The molecule has 1 unspecified atom stereocenters. The van der Waals surface area contributed by atoms with E-state index in [1.807, 2.05) is 18.2 Å². The highest BCUT2D eigenvalue weighted by atomic mass is 127. The van der Waals surface area contributed by atoms with Crippen LogP contribution in [0.3, 0.4) is 0 Å². The van der Waals surface area contributed by atoms with Gasteiger partial charge in [-0.2, -0.15) is 0 Å². The van der Waals surface area contributed by atoms with E-state index in [9.17, 15) is 0 Å². The van der Waals surface area contributed by atoms with E-state index in [0.717, 1.165) is 68.7 Å². The first kappa shape index (κ1) is 23.5. The Morgan fingerprint density at radius 3 is 2.85 bits per heavy atom. The van der Waals surface area contributed by atoms with E-state index in [4.69, 9.17) is 21.1 Å². The minimum atomic E-state index is 0. The molecule has 1 aliphatic rings. The molecule has 1 aromatic rings. The van der Waals surface area contributed by atoms with E-state index in [1.165, 1.54) is 0 Å². The fourth-order valence-corrected chi connectivity index (χ4v) is 2.93. The van der Waals surface area contributed by atoms with E-state index in [2.05, 4.69) is 35.5 Å². The number of rotatable bonds is 8. The van der Waals surface area contributed by atoms with Gasteiger partial charge in [-0.15, -0.1) is 24.0 Å². The van der Waals surface area contributed by atoms with Crippen LogP contribution in [0.4, 0.5) is 0 Å². The molecule has 1 aromatic carbocycles. The third kappa shape index (κ3) is 8.88. The number of hydrogen-bond acceptors (Lipinski definition) is 3. The van der Waals surface area contributed by atoms with Gasteiger partial charge in [-0.25, -0.2) is 0 Å². The zero-order valence-corrected chi connectivity index (χ0v) is 18.8. The molecule has 1 atom stereocenters. The third-order valence-corrected chi connectivity index (χ3v) is 4.38. The SMILES string of the molecule is CCNC(=NCCCOC1CCOCC1)NC(C)c1cccc(Cl)c1.I. The Balaban J connectivity index is 0.00000338. The van der Waals surface area contributed by atoms with Crippen molar-refractivity contribution in [1.29, 1.82) is 0 Å². The van der Waals surface area contributed by atoms with E-state index >= 15 is 0 Å². The first-order valence-corrected chi connectivity index (χ1v) is 9.56. The number of nitrogens with zero attached hydrogens (tertiary/aromatic N) is 1. The molecule has 7 heteroatoms. The number of guanidine groups is 1. The Morgan fingerprint density at radius 1 is 1.38 bits per heavy atom. The number of hydrogen-bond donors (Lipinski definition) is 2. The maximum absolute atomic E-state index is 6.07. The van der Waals surface area contributed by atoms with Gasteiger partial charge in [-0.3, -0.25) is 4.99 Å². The van der Waals surface area contributed by atoms with Crippen molar-refractivity contribution in [2.45, 2.75) is 45.3 Å². The van der Waals surface area contributed by atoms with Crippen molar-refractivity contribution in [3.05, 3.63) is 34.9 Å². The van der Waals surface area contributed by atoms with Crippen LogP contribution in [0.5, 0.6) is 0 Å². The monoisotopic (exact) mass is 495 g/mol. The second kappa shape index (κ2) is 13.6. The van der Waals surface area contributed by atoms with Crippen molar-refractivity contribution >= 4 is 41.5 Å². The highest BCUT2D eigenvalue weighted by molar-refractivity contribution is 14.0. The molecular formula is C19H31ClIN3O2. The largest absolute Gasteiger partial charge is 0.381 e. The summed E-state index contributed by atoms with van der Waals surface area (Å²) in [5.41, 5.74) is 1.14. The van der Waals surface area contributed by atoms with Crippen molar-refractivity contribution in [2.75, 3.05) is 32.9 Å². The van der Waals surface area contributed by atoms with Crippen LogP contribution in [0.1, 0.15) is 44.7 Å². The second-order valence-electron chi connectivity index (χ2n) is 6.22. The lowest BCUT2D eigenvalue weighted by Gasteiger charge is -2.22. The van der Waals surface area contributed by atoms with Crippen molar-refractivity contribution in [3.8, 4) is 0 Å². The van der Waals surface area contributed by atoms with Gasteiger partial charge >= 0.3 is 0 Å². The molecular weight excluding hydrogens is 465 g/mol. The van der Waals surface area contributed by atoms with Crippen LogP contribution < -0.4 is 10.6 Å². The minimum Gasteiger partial charge on any atom is -0.381 e. The van der Waals surface area contributed by atoms with Gasteiger partial charge in [-0.1, -0.05) is 23.7 Å². The lowest BCUT2D eigenvalue weighted by atomic mass is 10.1. The molecule has 5 nitrogen and oxygen atoms in total. The third-order valence-electron chi connectivity index (χ3n) is 4.14. The van der Waals surface area contributed by atoms with Gasteiger partial charge in [0.05, 0.1) is 12.1 Å². The van der Waals surface area contributed by atoms with Crippen molar-refractivity contribution < 1.29 is 9.47 Å². The lowest BCUT2D eigenvalue weighted by molar-refractivity contribution is -0.0318. The molecule has 0 spiro atoms. The molecule has 0 aromatic heterocycles. The number of halogens is 2. The molecule has 0 amide bonds. The summed E-state index contributed by atoms with van der Waals surface area (Å²) in [4.78, 5) is 4.64. The molecule has 1 aliphatic heterocycles. The normalized spacial score (nSPS) is 16.7. The van der Waals surface area contributed by atoms with E-state index < -0.39 is 0 Å². The average Bonchev–Trinajstić information content (AvgIpc) is 2.62. The van der Waals surface area contributed by atoms with Gasteiger partial charge in [0, 0.05) is 37.9 Å². The highest BCUT2D eigenvalue weighted by Crippen LogP contribution is 2.17. The number of nitrogens with one attached hydrogen (secondary N) is 2. The summed E-state index contributed by atoms with van der Waals surface area (Å²) in [5, 5.41) is 7.46. The standard InChI is InChI=1S/C19H30ClN3O2.HI/c1-3-21-19(23-15(2)16-6-4-7-17(20)14-16)22-10-5-11-25-18-8-12-24-13-9-18;/h4,6-7,14-15,18H,3,5,8-13H2,1-2H3,(H2,21,22,23);1H. The van der Waals surface area contributed by atoms with Crippen molar-refractivity contribution in [2.24, 2.45) is 4.99 Å². The van der Waals surface area contributed by atoms with Gasteiger partial charge in [0.25, 0.3) is 0 Å². The van der Waals surface area contributed by atoms with Gasteiger partial charge in [0.2, 0.25) is 0 Å². The molecule has 1 saturated heterocycles. The zero-order valence-electron chi connectivity index (χ0n) is 15.7.